The molecule has 1 heteroatoms. The third-order valence-electron chi connectivity index (χ3n) is 4.81. The molecule has 1 aromatic carbocycles. The number of hydrogen-bond acceptors (Lipinski definition) is 1. The smallest absolute Gasteiger partial charge is 0.0205 e. The van der Waals surface area contributed by atoms with E-state index in [0.717, 1.165) is 6.54 Å². The van der Waals surface area contributed by atoms with Crippen molar-refractivity contribution in [1.29, 1.82) is 0 Å². The zero-order valence-electron chi connectivity index (χ0n) is 13.1. The first-order chi connectivity index (χ1) is 8.95. The standard InChI is InChI=1S/C18H29N/c1-5-18(11-6-12-18)14-19-13-15-7-9-16(10-8-15)17(2,3)4/h7-10,19H,5-6,11-14H2,1-4H3. The Morgan fingerprint density at radius 3 is 2.16 bits per heavy atom. The molecule has 0 aromatic heterocycles. The Morgan fingerprint density at radius 1 is 1.11 bits per heavy atom. The van der Waals surface area contributed by atoms with E-state index >= 15 is 0 Å². The van der Waals surface area contributed by atoms with Gasteiger partial charge in [-0.25, -0.2) is 0 Å². The van der Waals surface area contributed by atoms with Gasteiger partial charge in [0.15, 0.2) is 0 Å². The van der Waals surface area contributed by atoms with E-state index in [9.17, 15) is 0 Å². The fourth-order valence-corrected chi connectivity index (χ4v) is 2.93. The summed E-state index contributed by atoms with van der Waals surface area (Å²) in [7, 11) is 0. The molecular formula is C18H29N. The van der Waals surface area contributed by atoms with Gasteiger partial charge in [-0.2, -0.15) is 0 Å². The van der Waals surface area contributed by atoms with Crippen molar-refractivity contribution in [2.75, 3.05) is 6.54 Å². The predicted octanol–water partition coefficient (Wildman–Crippen LogP) is 4.65. The molecule has 1 fully saturated rings. The van der Waals surface area contributed by atoms with Crippen LogP contribution in [0.2, 0.25) is 0 Å². The molecule has 2 rings (SSSR count). The molecule has 0 bridgehead atoms. The van der Waals surface area contributed by atoms with E-state index in [-0.39, 0.29) is 5.41 Å². The van der Waals surface area contributed by atoms with Crippen molar-refractivity contribution in [2.45, 2.75) is 65.3 Å². The van der Waals surface area contributed by atoms with E-state index < -0.39 is 0 Å². The zero-order chi connectivity index (χ0) is 13.9. The molecule has 1 N–H and O–H groups in total. The fourth-order valence-electron chi connectivity index (χ4n) is 2.93. The Bertz CT molecular complexity index is 387. The van der Waals surface area contributed by atoms with Gasteiger partial charge >= 0.3 is 0 Å². The zero-order valence-corrected chi connectivity index (χ0v) is 13.1. The third-order valence-corrected chi connectivity index (χ3v) is 4.81. The second kappa shape index (κ2) is 5.66. The highest BCUT2D eigenvalue weighted by Crippen LogP contribution is 2.43. The van der Waals surface area contributed by atoms with Crippen molar-refractivity contribution in [3.63, 3.8) is 0 Å². The summed E-state index contributed by atoms with van der Waals surface area (Å²) in [4.78, 5) is 0. The van der Waals surface area contributed by atoms with E-state index in [1.807, 2.05) is 0 Å². The van der Waals surface area contributed by atoms with Gasteiger partial charge in [0.2, 0.25) is 0 Å². The third kappa shape index (κ3) is 3.60. The molecule has 1 nitrogen and oxygen atoms in total. The average molecular weight is 259 g/mol. The second-order valence-corrected chi connectivity index (χ2v) is 7.26. The second-order valence-electron chi connectivity index (χ2n) is 7.26. The van der Waals surface area contributed by atoms with E-state index in [1.165, 1.54) is 43.4 Å². The minimum Gasteiger partial charge on any atom is -0.312 e. The molecular weight excluding hydrogens is 230 g/mol. The lowest BCUT2D eigenvalue weighted by Crippen LogP contribution is -2.39. The maximum atomic E-state index is 3.65. The summed E-state index contributed by atoms with van der Waals surface area (Å²) >= 11 is 0. The number of nitrogens with one attached hydrogen (secondary N) is 1. The molecule has 1 aromatic rings. The van der Waals surface area contributed by atoms with Gasteiger partial charge in [-0.05, 0) is 41.2 Å². The summed E-state index contributed by atoms with van der Waals surface area (Å²) in [5.41, 5.74) is 3.69. The molecule has 1 aliphatic carbocycles. The highest BCUT2D eigenvalue weighted by molar-refractivity contribution is 5.27. The SMILES string of the molecule is CCC1(CNCc2ccc(C(C)(C)C)cc2)CCC1. The summed E-state index contributed by atoms with van der Waals surface area (Å²) in [5, 5.41) is 3.65. The molecule has 0 amide bonds. The first-order valence-electron chi connectivity index (χ1n) is 7.75. The Labute approximate surface area is 118 Å². The predicted molar refractivity (Wildman–Crippen MR) is 83.4 cm³/mol. The summed E-state index contributed by atoms with van der Waals surface area (Å²) in [6, 6.07) is 9.09. The van der Waals surface area contributed by atoms with Crippen LogP contribution in [0.15, 0.2) is 24.3 Å². The van der Waals surface area contributed by atoms with Crippen LogP contribution in [-0.2, 0) is 12.0 Å². The minimum absolute atomic E-state index is 0.254. The minimum atomic E-state index is 0.254. The molecule has 0 atom stereocenters. The molecule has 0 heterocycles. The molecule has 19 heavy (non-hydrogen) atoms. The monoisotopic (exact) mass is 259 g/mol. The quantitative estimate of drug-likeness (QED) is 0.811. The van der Waals surface area contributed by atoms with Gasteiger partial charge in [0, 0.05) is 13.1 Å². The molecule has 1 saturated carbocycles. The van der Waals surface area contributed by atoms with Gasteiger partial charge in [-0.15, -0.1) is 0 Å². The van der Waals surface area contributed by atoms with E-state index in [0.29, 0.717) is 5.41 Å². The molecule has 1 aliphatic rings. The van der Waals surface area contributed by atoms with Crippen LogP contribution >= 0.6 is 0 Å². The number of rotatable bonds is 5. The van der Waals surface area contributed by atoms with Crippen LogP contribution in [0, 0.1) is 5.41 Å². The van der Waals surface area contributed by atoms with Crippen LogP contribution in [0.25, 0.3) is 0 Å². The van der Waals surface area contributed by atoms with Gasteiger partial charge < -0.3 is 5.32 Å². The van der Waals surface area contributed by atoms with Gasteiger partial charge in [-0.3, -0.25) is 0 Å². The van der Waals surface area contributed by atoms with Crippen molar-refractivity contribution in [3.05, 3.63) is 35.4 Å². The van der Waals surface area contributed by atoms with Crippen LogP contribution in [0.3, 0.4) is 0 Å². The summed E-state index contributed by atoms with van der Waals surface area (Å²) in [6.45, 7) is 11.3. The van der Waals surface area contributed by atoms with Crippen molar-refractivity contribution in [3.8, 4) is 0 Å². The average Bonchev–Trinajstić information content (AvgIpc) is 2.32. The van der Waals surface area contributed by atoms with Crippen molar-refractivity contribution < 1.29 is 0 Å². The van der Waals surface area contributed by atoms with Crippen molar-refractivity contribution >= 4 is 0 Å². The largest absolute Gasteiger partial charge is 0.312 e. The number of hydrogen-bond donors (Lipinski definition) is 1. The molecule has 0 unspecified atom stereocenters. The van der Waals surface area contributed by atoms with Gasteiger partial charge in [0.1, 0.15) is 0 Å². The topological polar surface area (TPSA) is 12.0 Å². The van der Waals surface area contributed by atoms with Gasteiger partial charge in [0.05, 0.1) is 0 Å². The molecule has 0 radical (unpaired) electrons. The van der Waals surface area contributed by atoms with Crippen LogP contribution in [-0.4, -0.2) is 6.54 Å². The van der Waals surface area contributed by atoms with E-state index in [1.54, 1.807) is 0 Å². The summed E-state index contributed by atoms with van der Waals surface area (Å²) in [6.07, 6.45) is 5.58. The summed E-state index contributed by atoms with van der Waals surface area (Å²) < 4.78 is 0. The highest BCUT2D eigenvalue weighted by Gasteiger charge is 2.34. The highest BCUT2D eigenvalue weighted by atomic mass is 14.9. The van der Waals surface area contributed by atoms with Crippen molar-refractivity contribution in [1.82, 2.24) is 5.32 Å². The molecule has 106 valence electrons. The Morgan fingerprint density at radius 2 is 1.74 bits per heavy atom. The van der Waals surface area contributed by atoms with Crippen LogP contribution in [0.4, 0.5) is 0 Å². The lowest BCUT2D eigenvalue weighted by atomic mass is 9.67. The first-order valence-corrected chi connectivity index (χ1v) is 7.75. The Kier molecular flexibility index (Phi) is 4.35. The molecule has 0 saturated heterocycles. The summed E-state index contributed by atoms with van der Waals surface area (Å²) in [5.74, 6) is 0. The Balaban J connectivity index is 1.83. The first kappa shape index (κ1) is 14.6. The Hall–Kier alpha value is -0.820. The maximum Gasteiger partial charge on any atom is 0.0205 e. The number of benzene rings is 1. The van der Waals surface area contributed by atoms with E-state index in [4.69, 9.17) is 0 Å². The maximum absolute atomic E-state index is 3.65. The molecule has 0 spiro atoms. The lowest BCUT2D eigenvalue weighted by Gasteiger charge is -2.41. The lowest BCUT2D eigenvalue weighted by molar-refractivity contribution is 0.124. The van der Waals surface area contributed by atoms with E-state index in [2.05, 4.69) is 57.3 Å². The fraction of sp³-hybridized carbons (Fsp3) is 0.667. The van der Waals surface area contributed by atoms with Crippen LogP contribution in [0.5, 0.6) is 0 Å². The van der Waals surface area contributed by atoms with Gasteiger partial charge in [-0.1, -0.05) is 58.4 Å². The molecule has 0 aliphatic heterocycles. The van der Waals surface area contributed by atoms with Crippen molar-refractivity contribution in [2.24, 2.45) is 5.41 Å². The normalized spacial score (nSPS) is 18.1. The van der Waals surface area contributed by atoms with Crippen LogP contribution < -0.4 is 5.32 Å². The van der Waals surface area contributed by atoms with Crippen LogP contribution in [0.1, 0.15) is 64.5 Å². The van der Waals surface area contributed by atoms with Gasteiger partial charge in [0.25, 0.3) is 0 Å².